The Labute approximate surface area is 331 Å². The molecule has 0 saturated carbocycles. The van der Waals surface area contributed by atoms with Gasteiger partial charge in [0.15, 0.2) is 17.2 Å². The predicted molar refractivity (Wildman–Crippen MR) is 212 cm³/mol. The molecule has 0 spiro atoms. The third kappa shape index (κ3) is 8.42. The molecule has 0 radical (unpaired) electrons. The summed E-state index contributed by atoms with van der Waals surface area (Å²) in [7, 11) is 2.42. The molecule has 16 heteroatoms. The SMILES string of the molecule is CC#C/C=C\C#C[C@H](OC1OC(C)C(SC)(C(=O)c2nccc3c2[nH]c2ccc(O)cc23)C(O)C1OC)C1=C(NC(=O)OC)C(=O)C[C@H](O)/C1=C/CSC(C)=O. The number of aromatic nitrogens is 2. The lowest BCUT2D eigenvalue weighted by atomic mass is 9.82. The summed E-state index contributed by atoms with van der Waals surface area (Å²) in [6.07, 6.45) is -2.10. The van der Waals surface area contributed by atoms with Gasteiger partial charge in [-0.05, 0) is 62.1 Å². The molecule has 5 rings (SSSR count). The Balaban J connectivity index is 1.61. The quantitative estimate of drug-likeness (QED) is 0.146. The molecule has 1 fully saturated rings. The topological polar surface area (TPSA) is 207 Å². The number of thioether (sulfide) groups is 2. The number of fused-ring (bicyclic) bond motifs is 3. The van der Waals surface area contributed by atoms with Gasteiger partial charge in [0.1, 0.15) is 34.5 Å². The number of aliphatic hydroxyl groups is 2. The van der Waals surface area contributed by atoms with E-state index in [0.717, 1.165) is 30.6 Å². The van der Waals surface area contributed by atoms with Gasteiger partial charge in [-0.25, -0.2) is 4.79 Å². The average molecular weight is 804 g/mol. The van der Waals surface area contributed by atoms with E-state index < -0.39 is 65.6 Å². The number of rotatable bonds is 10. The van der Waals surface area contributed by atoms with Crippen molar-refractivity contribution in [2.75, 3.05) is 26.2 Å². The number of nitrogens with one attached hydrogen (secondary N) is 2. The number of H-pyrrole nitrogens is 1. The number of allylic oxidation sites excluding steroid dienone is 3. The number of phenols is 1. The van der Waals surface area contributed by atoms with E-state index in [4.69, 9.17) is 18.9 Å². The standard InChI is InChI=1S/C40H41N3O11S2/c1-7-8-9-10-11-12-30(31-25(16-18-56-22(3)44)28(46)20-29(47)33(31)43-39(50)52-5)54-38-35(51-4)37(49)40(55-6,21(2)53-38)36(48)34-32-24(15-17-41-34)26-19-23(45)13-14-27(26)42-32/h9-10,13-17,19,21,28,30,35,37-38,42,45-46,49H,18,20H2,1-6H3,(H,43,50)/b10-9-,25-16-/t21?,28-,30-,35?,37?,38?,40?/m0/s1. The van der Waals surface area contributed by atoms with Crippen LogP contribution in [0.1, 0.15) is 37.7 Å². The number of hydrogen-bond donors (Lipinski definition) is 5. The lowest BCUT2D eigenvalue weighted by molar-refractivity contribution is -0.278. The van der Waals surface area contributed by atoms with Crippen molar-refractivity contribution < 1.29 is 53.4 Å². The first-order valence-corrected chi connectivity index (χ1v) is 19.5. The van der Waals surface area contributed by atoms with Crippen molar-refractivity contribution in [2.24, 2.45) is 0 Å². The van der Waals surface area contributed by atoms with Crippen molar-refractivity contribution in [2.45, 2.75) is 68.7 Å². The van der Waals surface area contributed by atoms with E-state index in [-0.39, 0.29) is 39.2 Å². The summed E-state index contributed by atoms with van der Waals surface area (Å²) in [5.41, 5.74) is 0.932. The average Bonchev–Trinajstić information content (AvgIpc) is 3.54. The molecule has 1 saturated heterocycles. The highest BCUT2D eigenvalue weighted by Gasteiger charge is 2.60. The number of carbonyl (C=O) groups is 4. The largest absolute Gasteiger partial charge is 0.508 e. The zero-order chi connectivity index (χ0) is 40.7. The lowest BCUT2D eigenvalue weighted by Crippen LogP contribution is -2.68. The van der Waals surface area contributed by atoms with Gasteiger partial charge in [-0.15, -0.1) is 17.7 Å². The first-order valence-electron chi connectivity index (χ1n) is 17.3. The number of nitrogens with zero attached hydrogens (tertiary/aromatic N) is 1. The van der Waals surface area contributed by atoms with E-state index in [2.05, 4.69) is 39.0 Å². The number of ether oxygens (including phenoxy) is 4. The molecule has 1 aromatic carbocycles. The number of benzene rings is 1. The number of carbonyl (C=O) groups excluding carboxylic acids is 4. The van der Waals surface area contributed by atoms with Crippen molar-refractivity contribution in [3.05, 3.63) is 71.2 Å². The molecule has 294 valence electrons. The van der Waals surface area contributed by atoms with Crippen LogP contribution in [-0.2, 0) is 28.5 Å². The van der Waals surface area contributed by atoms with Gasteiger partial charge in [0.25, 0.3) is 0 Å². The molecule has 2 aromatic heterocycles. The molecular weight excluding hydrogens is 763 g/mol. The molecule has 56 heavy (non-hydrogen) atoms. The van der Waals surface area contributed by atoms with Crippen LogP contribution in [0.5, 0.6) is 5.75 Å². The summed E-state index contributed by atoms with van der Waals surface area (Å²) >= 11 is 2.00. The van der Waals surface area contributed by atoms with E-state index in [9.17, 15) is 34.5 Å². The predicted octanol–water partition coefficient (Wildman–Crippen LogP) is 3.94. The first-order chi connectivity index (χ1) is 26.8. The Morgan fingerprint density at radius 1 is 1.18 bits per heavy atom. The smallest absolute Gasteiger partial charge is 0.411 e. The Bertz CT molecular complexity index is 2260. The number of amides is 1. The van der Waals surface area contributed by atoms with Gasteiger partial charge in [-0.1, -0.05) is 35.6 Å². The molecule has 5 unspecified atom stereocenters. The van der Waals surface area contributed by atoms with E-state index in [1.54, 1.807) is 38.3 Å². The van der Waals surface area contributed by atoms with Gasteiger partial charge >= 0.3 is 6.09 Å². The third-order valence-electron chi connectivity index (χ3n) is 9.39. The maximum Gasteiger partial charge on any atom is 0.411 e. The second-order valence-corrected chi connectivity index (χ2v) is 14.9. The van der Waals surface area contributed by atoms with Crippen LogP contribution in [0.15, 0.2) is 65.5 Å². The Hall–Kier alpha value is -4.91. The highest BCUT2D eigenvalue weighted by molar-refractivity contribution is 8.13. The summed E-state index contributed by atoms with van der Waals surface area (Å²) in [5.74, 6) is 10.1. The minimum atomic E-state index is -1.70. The molecule has 7 atom stereocenters. The Kier molecular flexibility index (Phi) is 13.8. The molecule has 2 aliphatic rings. The monoisotopic (exact) mass is 803 g/mol. The van der Waals surface area contributed by atoms with Gasteiger partial charge in [0, 0.05) is 54.3 Å². The lowest BCUT2D eigenvalue weighted by Gasteiger charge is -2.49. The van der Waals surface area contributed by atoms with Gasteiger partial charge in [0.2, 0.25) is 5.78 Å². The fourth-order valence-corrected chi connectivity index (χ4v) is 8.30. The Morgan fingerprint density at radius 2 is 1.93 bits per heavy atom. The normalized spacial score (nSPS) is 25.1. The summed E-state index contributed by atoms with van der Waals surface area (Å²) in [5, 5.41) is 37.1. The van der Waals surface area contributed by atoms with E-state index in [0.29, 0.717) is 21.8 Å². The summed E-state index contributed by atoms with van der Waals surface area (Å²) in [6, 6.07) is 6.49. The van der Waals surface area contributed by atoms with Crippen molar-refractivity contribution >= 4 is 68.1 Å². The van der Waals surface area contributed by atoms with Gasteiger partial charge < -0.3 is 39.3 Å². The molecule has 1 aliphatic heterocycles. The number of methoxy groups -OCH3 is 2. The molecular formula is C40H41N3O11S2. The highest BCUT2D eigenvalue weighted by atomic mass is 32.2. The minimum Gasteiger partial charge on any atom is -0.508 e. The molecule has 5 N–H and O–H groups in total. The van der Waals surface area contributed by atoms with Crippen LogP contribution >= 0.6 is 23.5 Å². The molecule has 3 heterocycles. The number of hydrogen-bond acceptors (Lipinski definition) is 14. The number of aromatic amines is 1. The summed E-state index contributed by atoms with van der Waals surface area (Å²) in [6.45, 7) is 4.62. The number of alkyl carbamates (subject to hydrolysis) is 1. The van der Waals surface area contributed by atoms with Gasteiger partial charge in [0.05, 0.1) is 30.5 Å². The fourth-order valence-electron chi connectivity index (χ4n) is 6.76. The van der Waals surface area contributed by atoms with Crippen LogP contribution in [0.3, 0.4) is 0 Å². The minimum absolute atomic E-state index is 0.0265. The van der Waals surface area contributed by atoms with E-state index >= 15 is 0 Å². The van der Waals surface area contributed by atoms with Crippen molar-refractivity contribution in [1.82, 2.24) is 15.3 Å². The van der Waals surface area contributed by atoms with Crippen LogP contribution in [0.25, 0.3) is 21.8 Å². The van der Waals surface area contributed by atoms with Crippen LogP contribution in [0.2, 0.25) is 0 Å². The van der Waals surface area contributed by atoms with E-state index in [1.165, 1.54) is 44.5 Å². The van der Waals surface area contributed by atoms with Crippen molar-refractivity contribution in [3.63, 3.8) is 0 Å². The van der Waals surface area contributed by atoms with Crippen LogP contribution in [0, 0.1) is 23.7 Å². The maximum atomic E-state index is 14.7. The Morgan fingerprint density at radius 3 is 2.61 bits per heavy atom. The van der Waals surface area contributed by atoms with Crippen LogP contribution in [0.4, 0.5) is 4.79 Å². The molecule has 1 aliphatic carbocycles. The number of pyridine rings is 1. The number of Topliss-reactive ketones (excluding diaryl/α,β-unsaturated/α-hetero) is 2. The molecule has 0 bridgehead atoms. The van der Waals surface area contributed by atoms with E-state index in [1.807, 2.05) is 0 Å². The third-order valence-corrected chi connectivity index (χ3v) is 11.6. The molecule has 14 nitrogen and oxygen atoms in total. The fraction of sp³-hybridized carbons (Fsp3) is 0.375. The highest BCUT2D eigenvalue weighted by Crippen LogP contribution is 2.45. The number of ketones is 2. The number of aliphatic hydroxyl groups excluding tert-OH is 2. The zero-order valence-electron chi connectivity index (χ0n) is 31.4. The van der Waals surface area contributed by atoms with Crippen LogP contribution in [-0.4, -0.2) is 116 Å². The first kappa shape index (κ1) is 42.2. The van der Waals surface area contributed by atoms with Crippen LogP contribution < -0.4 is 5.32 Å². The zero-order valence-corrected chi connectivity index (χ0v) is 33.0. The number of phenolic OH excluding ortho intramolecular Hbond substituents is 1. The second-order valence-electron chi connectivity index (χ2n) is 12.6. The number of aromatic hydroxyl groups is 1. The van der Waals surface area contributed by atoms with Crippen molar-refractivity contribution in [1.29, 1.82) is 0 Å². The van der Waals surface area contributed by atoms with Gasteiger partial charge in [-0.3, -0.25) is 24.7 Å². The van der Waals surface area contributed by atoms with Gasteiger partial charge in [-0.2, -0.15) is 0 Å². The van der Waals surface area contributed by atoms with Crippen molar-refractivity contribution in [3.8, 4) is 29.4 Å². The molecule has 3 aromatic rings. The summed E-state index contributed by atoms with van der Waals surface area (Å²) < 4.78 is 21.8. The molecule has 1 amide bonds. The maximum absolute atomic E-state index is 14.7. The second kappa shape index (κ2) is 18.4. The summed E-state index contributed by atoms with van der Waals surface area (Å²) in [4.78, 5) is 60.2.